The Hall–Kier alpha value is -2.47. The second kappa shape index (κ2) is 8.27. The molecule has 0 bridgehead atoms. The first-order valence-electron chi connectivity index (χ1n) is 9.11. The Bertz CT molecular complexity index is 1010. The number of nitrogen functional groups attached to an aromatic ring is 1. The van der Waals surface area contributed by atoms with E-state index in [4.69, 9.17) is 19.5 Å². The van der Waals surface area contributed by atoms with Gasteiger partial charge in [0.05, 0.1) is 23.5 Å². The van der Waals surface area contributed by atoms with Gasteiger partial charge in [0, 0.05) is 43.5 Å². The minimum Gasteiger partial charge on any atom is -0.494 e. The van der Waals surface area contributed by atoms with Crippen molar-refractivity contribution in [2.45, 2.75) is 20.4 Å². The fraction of sp³-hybridized carbons (Fsp3) is 0.300. The highest BCUT2D eigenvalue weighted by Crippen LogP contribution is 2.46. The zero-order valence-corrected chi connectivity index (χ0v) is 17.5. The van der Waals surface area contributed by atoms with Gasteiger partial charge in [-0.25, -0.2) is 4.57 Å². The first kappa shape index (κ1) is 20.3. The molecule has 2 aromatic carbocycles. The molecule has 3 rings (SSSR count). The maximum atomic E-state index is 12.2. The summed E-state index contributed by atoms with van der Waals surface area (Å²) in [6, 6.07) is 13.5. The van der Waals surface area contributed by atoms with Crippen LogP contribution < -0.4 is 15.6 Å². The molecule has 8 heteroatoms. The second-order valence-electron chi connectivity index (χ2n) is 6.17. The van der Waals surface area contributed by atoms with Gasteiger partial charge in [0.25, 0.3) is 0 Å². The molecule has 28 heavy (non-hydrogen) atoms. The van der Waals surface area contributed by atoms with E-state index in [1.165, 1.54) is 14.2 Å². The number of ether oxygens (including phenoxy) is 1. The Labute approximate surface area is 165 Å². The number of benzene rings is 2. The third-order valence-electron chi connectivity index (χ3n) is 4.61. The van der Waals surface area contributed by atoms with E-state index in [-0.39, 0.29) is 0 Å². The molecule has 7 nitrogen and oxygen atoms in total. The monoisotopic (exact) mass is 403 g/mol. The van der Waals surface area contributed by atoms with Crippen LogP contribution in [0.1, 0.15) is 13.8 Å². The van der Waals surface area contributed by atoms with Crippen LogP contribution in [-0.4, -0.2) is 25.4 Å². The quantitative estimate of drug-likeness (QED) is 0.508. The fourth-order valence-electron chi connectivity index (χ4n) is 3.28. The lowest BCUT2D eigenvalue weighted by Crippen LogP contribution is -2.01. The minimum atomic E-state index is -3.34. The molecule has 0 fully saturated rings. The van der Waals surface area contributed by atoms with Crippen LogP contribution in [0.5, 0.6) is 5.75 Å². The number of rotatable bonds is 8. The largest absolute Gasteiger partial charge is 0.494 e. The molecule has 3 aromatic rings. The number of nitrogens with zero attached hydrogens (tertiary/aromatic N) is 1. The summed E-state index contributed by atoms with van der Waals surface area (Å²) in [6.07, 6.45) is 0. The highest BCUT2D eigenvalue weighted by Gasteiger charge is 2.21. The van der Waals surface area contributed by atoms with E-state index in [1.807, 2.05) is 49.4 Å². The molecular formula is C20H26N3O4P. The summed E-state index contributed by atoms with van der Waals surface area (Å²) >= 11 is 0. The van der Waals surface area contributed by atoms with E-state index in [1.54, 1.807) is 0 Å². The number of fused-ring (bicyclic) bond motifs is 1. The Morgan fingerprint density at radius 1 is 1.07 bits per heavy atom. The summed E-state index contributed by atoms with van der Waals surface area (Å²) in [6.45, 7) is 5.42. The van der Waals surface area contributed by atoms with Crippen molar-refractivity contribution in [1.29, 1.82) is 0 Å². The van der Waals surface area contributed by atoms with E-state index < -0.39 is 7.75 Å². The number of aryl methyl sites for hydroxylation is 1. The van der Waals surface area contributed by atoms with Gasteiger partial charge in [0.15, 0.2) is 0 Å². The maximum absolute atomic E-state index is 12.2. The van der Waals surface area contributed by atoms with E-state index in [2.05, 4.69) is 16.6 Å². The van der Waals surface area contributed by atoms with Gasteiger partial charge in [-0.05, 0) is 38.1 Å². The standard InChI is InChI=1S/C20H26N3O4P/c1-5-23-18-13-16(27-6-2)11-12-17(18)19(21)20(23)14-7-9-15(10-8-14)22-28(24,25-3)26-4/h7-13H,5-6,21H2,1-4H3,(H,22,24). The van der Waals surface area contributed by atoms with E-state index in [0.29, 0.717) is 12.3 Å². The lowest BCUT2D eigenvalue weighted by Gasteiger charge is -2.16. The topological polar surface area (TPSA) is 87.7 Å². The van der Waals surface area contributed by atoms with Crippen molar-refractivity contribution in [3.63, 3.8) is 0 Å². The predicted molar refractivity (Wildman–Crippen MR) is 114 cm³/mol. The first-order chi connectivity index (χ1) is 13.5. The molecule has 0 unspecified atom stereocenters. The molecule has 0 aliphatic heterocycles. The molecule has 0 saturated carbocycles. The van der Waals surface area contributed by atoms with Crippen LogP contribution >= 0.6 is 7.75 Å². The zero-order valence-electron chi connectivity index (χ0n) is 16.6. The van der Waals surface area contributed by atoms with Crippen molar-refractivity contribution in [3.8, 4) is 17.0 Å². The van der Waals surface area contributed by atoms with E-state index in [0.717, 1.165) is 40.1 Å². The second-order valence-corrected chi connectivity index (χ2v) is 8.12. The average Bonchev–Trinajstić information content (AvgIpc) is 3.00. The Kier molecular flexibility index (Phi) is 5.98. The van der Waals surface area contributed by atoms with Crippen molar-refractivity contribution >= 4 is 30.0 Å². The van der Waals surface area contributed by atoms with Crippen LogP contribution in [0.15, 0.2) is 42.5 Å². The summed E-state index contributed by atoms with van der Waals surface area (Å²) < 4.78 is 29.9. The molecule has 3 N–H and O–H groups in total. The Balaban J connectivity index is 2.03. The van der Waals surface area contributed by atoms with Crippen LogP contribution in [0.2, 0.25) is 0 Å². The molecule has 0 saturated heterocycles. The Morgan fingerprint density at radius 3 is 2.32 bits per heavy atom. The van der Waals surface area contributed by atoms with Crippen molar-refractivity contribution in [2.24, 2.45) is 0 Å². The fourth-order valence-corrected chi connectivity index (χ4v) is 4.08. The molecule has 0 radical (unpaired) electrons. The van der Waals surface area contributed by atoms with Crippen molar-refractivity contribution < 1.29 is 18.3 Å². The number of nitrogens with one attached hydrogen (secondary N) is 1. The van der Waals surface area contributed by atoms with Gasteiger partial charge in [0.2, 0.25) is 0 Å². The van der Waals surface area contributed by atoms with E-state index in [9.17, 15) is 4.57 Å². The highest BCUT2D eigenvalue weighted by atomic mass is 31.2. The molecular weight excluding hydrogens is 377 g/mol. The van der Waals surface area contributed by atoms with Gasteiger partial charge >= 0.3 is 7.75 Å². The number of hydrogen-bond donors (Lipinski definition) is 2. The number of aromatic nitrogens is 1. The molecule has 0 amide bonds. The molecule has 0 aliphatic carbocycles. The molecule has 0 atom stereocenters. The van der Waals surface area contributed by atoms with Gasteiger partial charge < -0.3 is 15.0 Å². The molecule has 1 aromatic heterocycles. The third-order valence-corrected chi connectivity index (χ3v) is 6.10. The summed E-state index contributed by atoms with van der Waals surface area (Å²) in [5.74, 6) is 0.822. The van der Waals surface area contributed by atoms with Crippen LogP contribution in [0, 0.1) is 0 Å². The van der Waals surface area contributed by atoms with Crippen molar-refractivity contribution in [2.75, 3.05) is 31.6 Å². The highest BCUT2D eigenvalue weighted by molar-refractivity contribution is 7.55. The van der Waals surface area contributed by atoms with Crippen molar-refractivity contribution in [1.82, 2.24) is 4.57 Å². The van der Waals surface area contributed by atoms with Crippen LogP contribution in [0.25, 0.3) is 22.2 Å². The third kappa shape index (κ3) is 3.74. The maximum Gasteiger partial charge on any atom is 0.432 e. The van der Waals surface area contributed by atoms with Gasteiger partial charge in [-0.1, -0.05) is 12.1 Å². The van der Waals surface area contributed by atoms with Gasteiger partial charge in [0.1, 0.15) is 5.75 Å². The van der Waals surface area contributed by atoms with E-state index >= 15 is 0 Å². The lowest BCUT2D eigenvalue weighted by atomic mass is 10.1. The summed E-state index contributed by atoms with van der Waals surface area (Å²) in [4.78, 5) is 0. The van der Waals surface area contributed by atoms with Crippen molar-refractivity contribution in [3.05, 3.63) is 42.5 Å². The number of nitrogens with two attached hydrogens (primary N) is 1. The predicted octanol–water partition coefficient (Wildman–Crippen LogP) is 5.12. The van der Waals surface area contributed by atoms with Gasteiger partial charge in [-0.3, -0.25) is 14.1 Å². The molecule has 0 aliphatic rings. The van der Waals surface area contributed by atoms with Gasteiger partial charge in [-0.2, -0.15) is 0 Å². The zero-order chi connectivity index (χ0) is 20.3. The number of anilines is 2. The summed E-state index contributed by atoms with van der Waals surface area (Å²) in [7, 11) is -0.673. The Morgan fingerprint density at radius 2 is 1.75 bits per heavy atom. The van der Waals surface area contributed by atoms with Gasteiger partial charge in [-0.15, -0.1) is 0 Å². The van der Waals surface area contributed by atoms with Crippen LogP contribution in [-0.2, 0) is 20.2 Å². The molecule has 0 spiro atoms. The average molecular weight is 403 g/mol. The molecule has 150 valence electrons. The van der Waals surface area contributed by atoms with Crippen LogP contribution in [0.3, 0.4) is 0 Å². The van der Waals surface area contributed by atoms with Crippen LogP contribution in [0.4, 0.5) is 11.4 Å². The smallest absolute Gasteiger partial charge is 0.432 e. The lowest BCUT2D eigenvalue weighted by molar-refractivity contribution is 0.281. The minimum absolute atomic E-state index is 0.613. The summed E-state index contributed by atoms with van der Waals surface area (Å²) in [5, 5.41) is 3.77. The normalized spacial score (nSPS) is 11.7. The first-order valence-corrected chi connectivity index (χ1v) is 10.6. The SMILES string of the molecule is CCOc1ccc2c(N)c(-c3ccc(NP(=O)(OC)OC)cc3)n(CC)c2c1. The molecule has 1 heterocycles. The number of hydrogen-bond acceptors (Lipinski definition) is 5. The summed E-state index contributed by atoms with van der Waals surface area (Å²) in [5.41, 5.74) is 10.8.